The number of carbonyl (C=O) groups excluding carboxylic acids is 2. The lowest BCUT2D eigenvalue weighted by molar-refractivity contribution is -0.141. The highest BCUT2D eigenvalue weighted by molar-refractivity contribution is 7.13. The third-order valence-electron chi connectivity index (χ3n) is 13.9. The number of aryl methyl sites for hydroxylation is 1. The van der Waals surface area contributed by atoms with Crippen LogP contribution in [0.5, 0.6) is 11.6 Å². The van der Waals surface area contributed by atoms with Gasteiger partial charge >= 0.3 is 0 Å². The lowest BCUT2D eigenvalue weighted by Gasteiger charge is -2.38. The molecule has 0 unspecified atom stereocenters. The standard InChI is InChI=1S/C53H62N10O7S/c1-31(2)49(53(67)62-29-39(64)24-45(62)52(66)57-33(4)36-12-14-37(15-13-36)50-34(5)55-30-71-50)47-26-48(60-70-47)68-21-20-61-18-16-40(17-19-61)69-41-22-35(23-41)11-10-32(3)63-28-38(27-56-63)43-25-44(58-59-51(43)54)42-8-6-7-9-46(42)65/h6-9,12-15,25-28,30-33,35,39-41,45,49,64-65H,16-24,29H2,1-5H3,(H2,54,59)(H,57,66)/t32-,33+,35?,39-,41?,45+,49-/m1/s1. The minimum atomic E-state index is -0.828. The van der Waals surface area contributed by atoms with Crippen LogP contribution in [0, 0.1) is 30.6 Å². The van der Waals surface area contributed by atoms with Gasteiger partial charge in [-0.05, 0) is 86.9 Å². The average molecular weight is 983 g/mol. The summed E-state index contributed by atoms with van der Waals surface area (Å²) >= 11 is 1.59. The van der Waals surface area contributed by atoms with Crippen LogP contribution in [0.2, 0.25) is 0 Å². The number of nitrogens with zero attached hydrogens (tertiary/aromatic N) is 8. The number of nitrogens with two attached hydrogens (primary N) is 1. The van der Waals surface area contributed by atoms with Gasteiger partial charge in [0.1, 0.15) is 30.4 Å². The highest BCUT2D eigenvalue weighted by Crippen LogP contribution is 2.36. The molecule has 2 saturated heterocycles. The molecule has 0 radical (unpaired) electrons. The van der Waals surface area contributed by atoms with Crippen molar-refractivity contribution in [1.82, 2.24) is 45.2 Å². The molecule has 2 aliphatic heterocycles. The maximum Gasteiger partial charge on any atom is 0.254 e. The topological polar surface area (TPSA) is 220 Å². The van der Waals surface area contributed by atoms with Crippen molar-refractivity contribution in [3.05, 3.63) is 95.6 Å². The first-order valence-electron chi connectivity index (χ1n) is 24.5. The summed E-state index contributed by atoms with van der Waals surface area (Å²) in [5, 5.41) is 41.1. The van der Waals surface area contributed by atoms with Crippen molar-refractivity contribution in [3.8, 4) is 56.3 Å². The number of phenolic OH excluding ortho intramolecular Hbond substituents is 1. The zero-order valence-corrected chi connectivity index (χ0v) is 41.6. The van der Waals surface area contributed by atoms with E-state index in [1.165, 1.54) is 4.90 Å². The van der Waals surface area contributed by atoms with Crippen LogP contribution in [0.3, 0.4) is 0 Å². The fourth-order valence-electron chi connectivity index (χ4n) is 9.66. The Morgan fingerprint density at radius 3 is 2.49 bits per heavy atom. The highest BCUT2D eigenvalue weighted by atomic mass is 32.1. The Bertz CT molecular complexity index is 2860. The summed E-state index contributed by atoms with van der Waals surface area (Å²) < 4.78 is 20.0. The number of phenols is 1. The molecule has 2 aromatic carbocycles. The molecule has 1 aliphatic carbocycles. The average Bonchev–Trinajstić information content (AvgIpc) is 4.19. The molecular formula is C53H62N10O7S. The van der Waals surface area contributed by atoms with E-state index in [1.807, 2.05) is 87.4 Å². The van der Waals surface area contributed by atoms with Crippen LogP contribution in [0.1, 0.15) is 94.8 Å². The van der Waals surface area contributed by atoms with Crippen LogP contribution in [0.15, 0.2) is 83.1 Å². The number of nitrogens with one attached hydrogen (secondary N) is 1. The highest BCUT2D eigenvalue weighted by Gasteiger charge is 2.44. The van der Waals surface area contributed by atoms with Crippen LogP contribution in [0.25, 0.3) is 32.8 Å². The molecule has 0 bridgehead atoms. The number of β-amino-alcohol motifs (C(OH)–C–C–N with tert-alkyl or cyclic N) is 1. The molecule has 3 fully saturated rings. The van der Waals surface area contributed by atoms with E-state index < -0.39 is 18.1 Å². The van der Waals surface area contributed by atoms with Gasteiger partial charge in [0.25, 0.3) is 5.88 Å². The van der Waals surface area contributed by atoms with Gasteiger partial charge in [0.15, 0.2) is 11.6 Å². The number of hydrogen-bond acceptors (Lipinski definition) is 15. The lowest BCUT2D eigenvalue weighted by atomic mass is 9.82. The molecule has 71 heavy (non-hydrogen) atoms. The van der Waals surface area contributed by atoms with E-state index in [0.29, 0.717) is 41.6 Å². The number of amides is 2. The zero-order valence-electron chi connectivity index (χ0n) is 40.8. The summed E-state index contributed by atoms with van der Waals surface area (Å²) in [5.74, 6) is 6.64. The fraction of sp³-hybridized carbons (Fsp3) is 0.453. The lowest BCUT2D eigenvalue weighted by Crippen LogP contribution is -2.48. The number of piperidine rings is 1. The first kappa shape index (κ1) is 49.3. The SMILES string of the molecule is Cc1ncsc1-c1ccc([C@H](C)NC(=O)[C@@H]2C[C@@H](O)CN2C(=O)[C@@H](c2cc(OCCN3CCC(OC4CC(C#C[C@@H](C)n5cc(-c6cc(-c7ccccc7O)nnc6N)cn5)C4)CC3)no2)C(C)C)cc1. The summed E-state index contributed by atoms with van der Waals surface area (Å²) in [6.07, 6.45) is 7.08. The second-order valence-electron chi connectivity index (χ2n) is 19.3. The van der Waals surface area contributed by atoms with Gasteiger partial charge in [-0.1, -0.05) is 62.1 Å². The maximum absolute atomic E-state index is 14.2. The number of thiazole rings is 1. The summed E-state index contributed by atoms with van der Waals surface area (Å²) in [6.45, 7) is 12.7. The Kier molecular flexibility index (Phi) is 15.1. The van der Waals surface area contributed by atoms with E-state index >= 15 is 0 Å². The first-order chi connectivity index (χ1) is 34.3. The number of carbonyl (C=O) groups is 2. The molecule has 372 valence electrons. The van der Waals surface area contributed by atoms with Crippen LogP contribution in [-0.2, 0) is 14.3 Å². The summed E-state index contributed by atoms with van der Waals surface area (Å²) in [7, 11) is 0. The number of nitrogen functional groups attached to an aromatic ring is 1. The molecule has 0 spiro atoms. The number of hydrogen-bond donors (Lipinski definition) is 4. The van der Waals surface area contributed by atoms with Crippen molar-refractivity contribution in [2.75, 3.05) is 38.5 Å². The van der Waals surface area contributed by atoms with Crippen LogP contribution in [-0.4, -0.2) is 119 Å². The van der Waals surface area contributed by atoms with E-state index in [-0.39, 0.29) is 72.5 Å². The second kappa shape index (κ2) is 21.8. The Balaban J connectivity index is 0.692. The van der Waals surface area contributed by atoms with Gasteiger partial charge in [0.2, 0.25) is 11.8 Å². The quantitative estimate of drug-likeness (QED) is 0.0706. The van der Waals surface area contributed by atoms with E-state index in [0.717, 1.165) is 66.0 Å². The van der Waals surface area contributed by atoms with E-state index in [9.17, 15) is 19.8 Å². The van der Waals surface area contributed by atoms with Crippen molar-refractivity contribution >= 4 is 29.0 Å². The molecule has 3 aliphatic rings. The zero-order chi connectivity index (χ0) is 49.8. The fourth-order valence-corrected chi connectivity index (χ4v) is 10.5. The number of aromatic nitrogens is 6. The molecule has 6 heterocycles. The smallest absolute Gasteiger partial charge is 0.254 e. The van der Waals surface area contributed by atoms with Crippen molar-refractivity contribution in [1.29, 1.82) is 0 Å². The van der Waals surface area contributed by atoms with Gasteiger partial charge in [-0.25, -0.2) is 4.98 Å². The third kappa shape index (κ3) is 11.4. The monoisotopic (exact) mass is 982 g/mol. The molecule has 5 N–H and O–H groups in total. The number of ether oxygens (including phenoxy) is 2. The Morgan fingerprint density at radius 2 is 1.76 bits per heavy atom. The number of rotatable bonds is 16. The van der Waals surface area contributed by atoms with Gasteiger partial charge in [0.05, 0.1) is 52.3 Å². The normalized spacial score (nSPS) is 20.7. The molecule has 17 nitrogen and oxygen atoms in total. The first-order valence-corrected chi connectivity index (χ1v) is 25.4. The minimum absolute atomic E-state index is 0.0528. The molecular weight excluding hydrogens is 921 g/mol. The van der Waals surface area contributed by atoms with Crippen LogP contribution >= 0.6 is 11.3 Å². The molecule has 6 aromatic rings. The largest absolute Gasteiger partial charge is 0.507 e. The number of aromatic hydroxyl groups is 1. The molecule has 1 saturated carbocycles. The summed E-state index contributed by atoms with van der Waals surface area (Å²) in [5.41, 5.74) is 13.6. The van der Waals surface area contributed by atoms with Crippen molar-refractivity contribution in [2.24, 2.45) is 11.8 Å². The van der Waals surface area contributed by atoms with Gasteiger partial charge in [-0.2, -0.15) is 5.10 Å². The van der Waals surface area contributed by atoms with Gasteiger partial charge in [-0.15, -0.1) is 21.5 Å². The number of para-hydroxylation sites is 1. The Labute approximate surface area is 417 Å². The molecule has 4 aromatic heterocycles. The number of aliphatic hydroxyl groups excluding tert-OH is 1. The Morgan fingerprint density at radius 1 is 0.986 bits per heavy atom. The third-order valence-corrected chi connectivity index (χ3v) is 14.8. The van der Waals surface area contributed by atoms with Crippen molar-refractivity contribution in [2.45, 2.75) is 109 Å². The van der Waals surface area contributed by atoms with E-state index in [1.54, 1.807) is 41.8 Å². The van der Waals surface area contributed by atoms with Gasteiger partial charge in [0, 0.05) is 67.5 Å². The number of aliphatic hydroxyl groups is 1. The predicted molar refractivity (Wildman–Crippen MR) is 269 cm³/mol. The molecule has 5 atom stereocenters. The van der Waals surface area contributed by atoms with Crippen LogP contribution < -0.4 is 15.8 Å². The van der Waals surface area contributed by atoms with Crippen molar-refractivity contribution in [3.63, 3.8) is 0 Å². The van der Waals surface area contributed by atoms with E-state index in [4.69, 9.17) is 19.7 Å². The van der Waals surface area contributed by atoms with Crippen LogP contribution in [0.4, 0.5) is 5.82 Å². The second-order valence-corrected chi connectivity index (χ2v) is 20.2. The van der Waals surface area contributed by atoms with Gasteiger partial charge < -0.3 is 40.2 Å². The molecule has 2 amide bonds. The van der Waals surface area contributed by atoms with E-state index in [2.05, 4.69) is 47.5 Å². The Hall–Kier alpha value is -6.65. The number of likely N-dealkylation sites (tertiary alicyclic amines) is 2. The van der Waals surface area contributed by atoms with Crippen molar-refractivity contribution < 1.29 is 33.8 Å². The minimum Gasteiger partial charge on any atom is -0.507 e. The summed E-state index contributed by atoms with van der Waals surface area (Å²) in [6, 6.07) is 17.2. The summed E-state index contributed by atoms with van der Waals surface area (Å²) in [4.78, 5) is 37.2. The maximum atomic E-state index is 14.2. The molecule has 18 heteroatoms. The molecule has 9 rings (SSSR count). The van der Waals surface area contributed by atoms with Gasteiger partial charge in [-0.3, -0.25) is 19.2 Å². The predicted octanol–water partition coefficient (Wildman–Crippen LogP) is 7.20. The number of benzene rings is 2. The number of anilines is 1.